The van der Waals surface area contributed by atoms with Gasteiger partial charge >= 0.3 is 6.03 Å². The molecular formula is C21H24ClN3O3S. The molecule has 0 radical (unpaired) electrons. The quantitative estimate of drug-likeness (QED) is 0.725. The first kappa shape index (κ1) is 20.2. The van der Waals surface area contributed by atoms with Gasteiger partial charge in [0.2, 0.25) is 10.0 Å². The second-order valence-corrected chi connectivity index (χ2v) is 9.85. The highest BCUT2D eigenvalue weighted by Gasteiger charge is 2.37. The lowest BCUT2D eigenvalue weighted by atomic mass is 10.1. The van der Waals surface area contributed by atoms with Gasteiger partial charge < -0.3 is 9.80 Å². The highest BCUT2D eigenvalue weighted by atomic mass is 35.5. The highest BCUT2D eigenvalue weighted by molar-refractivity contribution is 7.89. The Bertz CT molecular complexity index is 958. The highest BCUT2D eigenvalue weighted by Crippen LogP contribution is 2.26. The van der Waals surface area contributed by atoms with Gasteiger partial charge in [0.25, 0.3) is 0 Å². The zero-order valence-electron chi connectivity index (χ0n) is 16.1. The van der Waals surface area contributed by atoms with Crippen LogP contribution in [-0.4, -0.2) is 60.8 Å². The first-order valence-corrected chi connectivity index (χ1v) is 11.6. The second kappa shape index (κ2) is 8.34. The zero-order chi connectivity index (χ0) is 20.4. The average Bonchev–Trinajstić information content (AvgIpc) is 3.09. The van der Waals surface area contributed by atoms with E-state index in [1.165, 1.54) is 16.4 Å². The number of nitrogens with zero attached hydrogens (tertiary/aromatic N) is 3. The van der Waals surface area contributed by atoms with Gasteiger partial charge in [-0.3, -0.25) is 0 Å². The predicted molar refractivity (Wildman–Crippen MR) is 112 cm³/mol. The third-order valence-electron chi connectivity index (χ3n) is 5.66. The van der Waals surface area contributed by atoms with E-state index in [4.69, 9.17) is 11.6 Å². The minimum Gasteiger partial charge on any atom is -0.320 e. The molecule has 0 bridgehead atoms. The number of benzene rings is 2. The molecule has 0 saturated carbocycles. The van der Waals surface area contributed by atoms with E-state index in [1.54, 1.807) is 12.1 Å². The smallest absolute Gasteiger partial charge is 0.320 e. The number of hydrogen-bond acceptors (Lipinski definition) is 3. The van der Waals surface area contributed by atoms with Gasteiger partial charge in [0, 0.05) is 43.8 Å². The Labute approximate surface area is 176 Å². The summed E-state index contributed by atoms with van der Waals surface area (Å²) in [5, 5.41) is 0.510. The fourth-order valence-electron chi connectivity index (χ4n) is 4.04. The van der Waals surface area contributed by atoms with Crippen molar-refractivity contribution in [3.63, 3.8) is 0 Å². The summed E-state index contributed by atoms with van der Waals surface area (Å²) in [7, 11) is -3.53. The molecule has 2 amide bonds. The molecule has 2 aliphatic heterocycles. The molecule has 2 aliphatic rings. The monoisotopic (exact) mass is 433 g/mol. The van der Waals surface area contributed by atoms with Gasteiger partial charge in [-0.25, -0.2) is 13.2 Å². The minimum absolute atomic E-state index is 0.0489. The van der Waals surface area contributed by atoms with Crippen molar-refractivity contribution in [1.82, 2.24) is 14.1 Å². The molecule has 6 nitrogen and oxygen atoms in total. The standard InChI is InChI=1S/C21H24ClN3O3S/c22-18-6-8-20(9-7-18)29(27,28)24-12-10-19(11-13-24)25-15-14-23(21(25)26)16-17-4-2-1-3-5-17/h1-9,19H,10-16H2. The van der Waals surface area contributed by atoms with Crippen molar-refractivity contribution in [2.45, 2.75) is 30.3 Å². The molecule has 0 aliphatic carbocycles. The van der Waals surface area contributed by atoms with Crippen LogP contribution in [0.1, 0.15) is 18.4 Å². The van der Waals surface area contributed by atoms with E-state index in [1.807, 2.05) is 40.1 Å². The molecule has 0 atom stereocenters. The summed E-state index contributed by atoms with van der Waals surface area (Å²) in [5.74, 6) is 0. The van der Waals surface area contributed by atoms with Crippen LogP contribution in [0.5, 0.6) is 0 Å². The summed E-state index contributed by atoms with van der Waals surface area (Å²) in [4.78, 5) is 16.9. The Hall–Kier alpha value is -2.09. The van der Waals surface area contributed by atoms with Gasteiger partial charge in [-0.2, -0.15) is 4.31 Å². The van der Waals surface area contributed by atoms with E-state index in [-0.39, 0.29) is 17.0 Å². The third-order valence-corrected chi connectivity index (χ3v) is 7.82. The summed E-state index contributed by atoms with van der Waals surface area (Å²) in [5.41, 5.74) is 1.12. The summed E-state index contributed by atoms with van der Waals surface area (Å²) < 4.78 is 27.2. The molecular weight excluding hydrogens is 410 g/mol. The molecule has 0 unspecified atom stereocenters. The summed E-state index contributed by atoms with van der Waals surface area (Å²) in [6.07, 6.45) is 1.30. The first-order chi connectivity index (χ1) is 13.9. The van der Waals surface area contributed by atoms with Gasteiger partial charge in [0.05, 0.1) is 4.90 Å². The van der Waals surface area contributed by atoms with Crippen LogP contribution in [0.3, 0.4) is 0 Å². The Morgan fingerprint density at radius 2 is 1.55 bits per heavy atom. The van der Waals surface area contributed by atoms with Crippen LogP contribution in [0.2, 0.25) is 5.02 Å². The van der Waals surface area contributed by atoms with Crippen molar-refractivity contribution in [2.24, 2.45) is 0 Å². The molecule has 2 saturated heterocycles. The molecule has 8 heteroatoms. The average molecular weight is 434 g/mol. The molecule has 0 spiro atoms. The van der Waals surface area contributed by atoms with Crippen molar-refractivity contribution in [2.75, 3.05) is 26.2 Å². The lowest BCUT2D eigenvalue weighted by Crippen LogP contribution is -2.47. The molecule has 2 aromatic rings. The van der Waals surface area contributed by atoms with Gasteiger partial charge in [-0.05, 0) is 42.7 Å². The SMILES string of the molecule is O=C1N(Cc2ccccc2)CCN1C1CCN(S(=O)(=O)c2ccc(Cl)cc2)CC1. The zero-order valence-corrected chi connectivity index (χ0v) is 17.6. The van der Waals surface area contributed by atoms with Crippen LogP contribution >= 0.6 is 11.6 Å². The lowest BCUT2D eigenvalue weighted by Gasteiger charge is -2.35. The number of piperidine rings is 1. The fourth-order valence-corrected chi connectivity index (χ4v) is 5.64. The van der Waals surface area contributed by atoms with Crippen LogP contribution in [0.25, 0.3) is 0 Å². The van der Waals surface area contributed by atoms with Crippen molar-refractivity contribution < 1.29 is 13.2 Å². The van der Waals surface area contributed by atoms with E-state index in [2.05, 4.69) is 0 Å². The predicted octanol–water partition coefficient (Wildman–Crippen LogP) is 3.43. The largest absolute Gasteiger partial charge is 0.320 e. The first-order valence-electron chi connectivity index (χ1n) is 9.80. The van der Waals surface area contributed by atoms with Gasteiger partial charge in [0.15, 0.2) is 0 Å². The lowest BCUT2D eigenvalue weighted by molar-refractivity contribution is 0.153. The van der Waals surface area contributed by atoms with Crippen LogP contribution < -0.4 is 0 Å². The number of urea groups is 1. The van der Waals surface area contributed by atoms with Crippen LogP contribution in [0.15, 0.2) is 59.5 Å². The number of rotatable bonds is 5. The molecule has 4 rings (SSSR count). The van der Waals surface area contributed by atoms with Crippen LogP contribution in [0.4, 0.5) is 4.79 Å². The van der Waals surface area contributed by atoms with E-state index >= 15 is 0 Å². The van der Waals surface area contributed by atoms with Crippen LogP contribution in [0, 0.1) is 0 Å². The van der Waals surface area contributed by atoms with E-state index in [0.717, 1.165) is 5.56 Å². The van der Waals surface area contributed by atoms with Crippen molar-refractivity contribution in [3.05, 3.63) is 65.2 Å². The Kier molecular flexibility index (Phi) is 5.81. The number of carbonyl (C=O) groups is 1. The maximum Gasteiger partial charge on any atom is 0.320 e. The normalized spacial score (nSPS) is 19.1. The van der Waals surface area contributed by atoms with Crippen molar-refractivity contribution >= 4 is 27.7 Å². The number of sulfonamides is 1. The Balaban J connectivity index is 1.36. The summed E-state index contributed by atoms with van der Waals surface area (Å²) in [6.45, 7) is 2.84. The van der Waals surface area contributed by atoms with Gasteiger partial charge in [0.1, 0.15) is 0 Å². The Morgan fingerprint density at radius 1 is 0.897 bits per heavy atom. The molecule has 0 N–H and O–H groups in total. The summed E-state index contributed by atoms with van der Waals surface area (Å²) in [6, 6.07) is 16.4. The third kappa shape index (κ3) is 4.27. The van der Waals surface area contributed by atoms with Crippen molar-refractivity contribution in [3.8, 4) is 0 Å². The topological polar surface area (TPSA) is 60.9 Å². The van der Waals surface area contributed by atoms with Gasteiger partial charge in [-0.15, -0.1) is 0 Å². The van der Waals surface area contributed by atoms with E-state index in [0.29, 0.717) is 50.6 Å². The fraction of sp³-hybridized carbons (Fsp3) is 0.381. The number of halogens is 1. The Morgan fingerprint density at radius 3 is 2.21 bits per heavy atom. The molecule has 2 heterocycles. The van der Waals surface area contributed by atoms with Crippen LogP contribution in [-0.2, 0) is 16.6 Å². The number of hydrogen-bond donors (Lipinski definition) is 0. The maximum absolute atomic E-state index is 12.8. The minimum atomic E-state index is -3.53. The molecule has 2 fully saturated rings. The molecule has 154 valence electrons. The number of carbonyl (C=O) groups excluding carboxylic acids is 1. The number of amides is 2. The van der Waals surface area contributed by atoms with E-state index in [9.17, 15) is 13.2 Å². The second-order valence-electron chi connectivity index (χ2n) is 7.47. The van der Waals surface area contributed by atoms with Gasteiger partial charge in [-0.1, -0.05) is 41.9 Å². The van der Waals surface area contributed by atoms with Crippen molar-refractivity contribution in [1.29, 1.82) is 0 Å². The summed E-state index contributed by atoms with van der Waals surface area (Å²) >= 11 is 5.87. The molecule has 0 aromatic heterocycles. The maximum atomic E-state index is 12.8. The molecule has 2 aromatic carbocycles. The molecule has 29 heavy (non-hydrogen) atoms. The van der Waals surface area contributed by atoms with E-state index < -0.39 is 10.0 Å².